The van der Waals surface area contributed by atoms with Gasteiger partial charge in [0.05, 0.1) is 6.54 Å². The molecule has 2 heterocycles. The van der Waals surface area contributed by atoms with Crippen LogP contribution in [-0.4, -0.2) is 39.9 Å². The number of nitrogens with one attached hydrogen (secondary N) is 1. The highest BCUT2D eigenvalue weighted by atomic mass is 16.2. The van der Waals surface area contributed by atoms with Crippen molar-refractivity contribution < 1.29 is 4.79 Å². The van der Waals surface area contributed by atoms with Crippen LogP contribution >= 0.6 is 0 Å². The molecule has 0 aromatic carbocycles. The fraction of sp³-hybridized carbons (Fsp3) is 0.308. The molecule has 1 amide bonds. The van der Waals surface area contributed by atoms with Crippen molar-refractivity contribution in [1.82, 2.24) is 25.3 Å². The molecule has 0 saturated carbocycles. The number of aromatic nitrogens is 4. The molecule has 0 aliphatic heterocycles. The zero-order chi connectivity index (χ0) is 14.5. The lowest BCUT2D eigenvalue weighted by Gasteiger charge is -2.13. The van der Waals surface area contributed by atoms with E-state index in [1.807, 2.05) is 32.0 Å². The van der Waals surface area contributed by atoms with Gasteiger partial charge < -0.3 is 10.2 Å². The molecule has 104 valence electrons. The quantitative estimate of drug-likeness (QED) is 0.876. The Labute approximate surface area is 117 Å². The summed E-state index contributed by atoms with van der Waals surface area (Å²) >= 11 is 0. The average molecular weight is 272 g/mol. The van der Waals surface area contributed by atoms with E-state index in [1.54, 1.807) is 6.07 Å². The summed E-state index contributed by atoms with van der Waals surface area (Å²) in [5, 5.41) is 2.70. The topological polar surface area (TPSA) is 83.9 Å². The van der Waals surface area contributed by atoms with E-state index in [1.165, 1.54) is 12.4 Å². The Kier molecular flexibility index (Phi) is 4.19. The van der Waals surface area contributed by atoms with Gasteiger partial charge in [0, 0.05) is 38.2 Å². The number of hydrogen-bond donors (Lipinski definition) is 1. The summed E-state index contributed by atoms with van der Waals surface area (Å²) in [6, 6.07) is 3.54. The van der Waals surface area contributed by atoms with Crippen LogP contribution in [0.15, 0.2) is 24.5 Å². The molecule has 0 radical (unpaired) electrons. The minimum Gasteiger partial charge on any atom is -0.363 e. The standard InChI is InChI=1S/C13H16N6O/c1-9-7-11(19(2)3)18-10(17-9)8-16-13(20)12-14-5-4-6-15-12/h4-7H,8H2,1-3H3,(H,16,20). The van der Waals surface area contributed by atoms with Gasteiger partial charge in [-0.1, -0.05) is 0 Å². The molecule has 0 bridgehead atoms. The predicted octanol–water partition coefficient (Wildman–Crippen LogP) is 0.571. The van der Waals surface area contributed by atoms with Crippen molar-refractivity contribution in [3.8, 4) is 0 Å². The first kappa shape index (κ1) is 13.9. The maximum absolute atomic E-state index is 11.8. The average Bonchev–Trinajstić information content (AvgIpc) is 2.45. The van der Waals surface area contributed by atoms with Crippen LogP contribution < -0.4 is 10.2 Å². The predicted molar refractivity (Wildman–Crippen MR) is 74.3 cm³/mol. The molecule has 0 saturated heterocycles. The van der Waals surface area contributed by atoms with Gasteiger partial charge in [-0.05, 0) is 13.0 Å². The third-order valence-electron chi connectivity index (χ3n) is 2.52. The second-order valence-electron chi connectivity index (χ2n) is 4.43. The summed E-state index contributed by atoms with van der Waals surface area (Å²) in [6.45, 7) is 2.12. The maximum atomic E-state index is 11.8. The van der Waals surface area contributed by atoms with Gasteiger partial charge in [0.2, 0.25) is 5.82 Å². The molecular formula is C13H16N6O. The number of carbonyl (C=O) groups excluding carboxylic acids is 1. The van der Waals surface area contributed by atoms with Gasteiger partial charge in [-0.15, -0.1) is 0 Å². The van der Waals surface area contributed by atoms with Crippen LogP contribution in [0.2, 0.25) is 0 Å². The van der Waals surface area contributed by atoms with Gasteiger partial charge in [-0.2, -0.15) is 0 Å². The summed E-state index contributed by atoms with van der Waals surface area (Å²) in [6.07, 6.45) is 3.05. The lowest BCUT2D eigenvalue weighted by molar-refractivity contribution is 0.0939. The number of carbonyl (C=O) groups is 1. The van der Waals surface area contributed by atoms with Crippen LogP contribution in [0.4, 0.5) is 5.82 Å². The summed E-state index contributed by atoms with van der Waals surface area (Å²) < 4.78 is 0. The van der Waals surface area contributed by atoms with Gasteiger partial charge in [0.25, 0.3) is 5.91 Å². The number of aryl methyl sites for hydroxylation is 1. The molecule has 0 spiro atoms. The van der Waals surface area contributed by atoms with Crippen molar-refractivity contribution in [2.45, 2.75) is 13.5 Å². The molecule has 2 aromatic rings. The van der Waals surface area contributed by atoms with Gasteiger partial charge in [0.1, 0.15) is 11.6 Å². The van der Waals surface area contributed by atoms with Crippen molar-refractivity contribution in [2.75, 3.05) is 19.0 Å². The molecule has 7 heteroatoms. The van der Waals surface area contributed by atoms with E-state index in [2.05, 4.69) is 25.3 Å². The van der Waals surface area contributed by atoms with Gasteiger partial charge >= 0.3 is 0 Å². The number of nitrogens with zero attached hydrogens (tertiary/aromatic N) is 5. The molecule has 0 aliphatic carbocycles. The number of amides is 1. The molecule has 0 unspecified atom stereocenters. The Balaban J connectivity index is 2.06. The maximum Gasteiger partial charge on any atom is 0.289 e. The highest BCUT2D eigenvalue weighted by Crippen LogP contribution is 2.08. The number of rotatable bonds is 4. The molecule has 7 nitrogen and oxygen atoms in total. The molecule has 0 atom stereocenters. The first-order valence-corrected chi connectivity index (χ1v) is 6.13. The summed E-state index contributed by atoms with van der Waals surface area (Å²) in [5.74, 6) is 1.14. The first-order chi connectivity index (χ1) is 9.56. The van der Waals surface area contributed by atoms with Crippen LogP contribution in [0.25, 0.3) is 0 Å². The number of anilines is 1. The first-order valence-electron chi connectivity index (χ1n) is 6.13. The van der Waals surface area contributed by atoms with Crippen molar-refractivity contribution in [1.29, 1.82) is 0 Å². The highest BCUT2D eigenvalue weighted by molar-refractivity contribution is 5.90. The zero-order valence-electron chi connectivity index (χ0n) is 11.7. The van der Waals surface area contributed by atoms with E-state index in [0.29, 0.717) is 5.82 Å². The Morgan fingerprint density at radius 2 is 1.95 bits per heavy atom. The summed E-state index contributed by atoms with van der Waals surface area (Å²) in [5.41, 5.74) is 0.851. The van der Waals surface area contributed by atoms with Crippen LogP contribution in [0.1, 0.15) is 22.1 Å². The Hall–Kier alpha value is -2.57. The van der Waals surface area contributed by atoms with Crippen molar-refractivity contribution in [3.05, 3.63) is 41.9 Å². The van der Waals surface area contributed by atoms with Gasteiger partial charge in [-0.3, -0.25) is 4.79 Å². The van der Waals surface area contributed by atoms with Crippen LogP contribution in [0.5, 0.6) is 0 Å². The van der Waals surface area contributed by atoms with E-state index >= 15 is 0 Å². The zero-order valence-corrected chi connectivity index (χ0v) is 11.7. The summed E-state index contributed by atoms with van der Waals surface area (Å²) in [4.78, 5) is 30.1. The minimum absolute atomic E-state index is 0.132. The van der Waals surface area contributed by atoms with Crippen LogP contribution in [0.3, 0.4) is 0 Å². The molecular weight excluding hydrogens is 256 g/mol. The SMILES string of the molecule is Cc1cc(N(C)C)nc(CNC(=O)c2ncccn2)n1. The Morgan fingerprint density at radius 3 is 2.60 bits per heavy atom. The molecule has 0 aliphatic rings. The van der Waals surface area contributed by atoms with Crippen molar-refractivity contribution >= 4 is 11.7 Å². The molecule has 2 rings (SSSR count). The fourth-order valence-electron chi connectivity index (χ4n) is 1.58. The smallest absolute Gasteiger partial charge is 0.289 e. The molecule has 2 aromatic heterocycles. The largest absolute Gasteiger partial charge is 0.363 e. The second kappa shape index (κ2) is 6.05. The monoisotopic (exact) mass is 272 g/mol. The van der Waals surface area contributed by atoms with E-state index in [-0.39, 0.29) is 18.3 Å². The van der Waals surface area contributed by atoms with E-state index < -0.39 is 0 Å². The Morgan fingerprint density at radius 1 is 1.25 bits per heavy atom. The van der Waals surface area contributed by atoms with Crippen LogP contribution in [0, 0.1) is 6.92 Å². The van der Waals surface area contributed by atoms with Gasteiger partial charge in [-0.25, -0.2) is 19.9 Å². The molecule has 1 N–H and O–H groups in total. The Bertz CT molecular complexity index is 599. The highest BCUT2D eigenvalue weighted by Gasteiger charge is 2.09. The van der Waals surface area contributed by atoms with E-state index in [0.717, 1.165) is 11.5 Å². The lowest BCUT2D eigenvalue weighted by Crippen LogP contribution is -2.26. The van der Waals surface area contributed by atoms with Crippen molar-refractivity contribution in [2.24, 2.45) is 0 Å². The third-order valence-corrected chi connectivity index (χ3v) is 2.52. The van der Waals surface area contributed by atoms with Crippen molar-refractivity contribution in [3.63, 3.8) is 0 Å². The van der Waals surface area contributed by atoms with Crippen LogP contribution in [-0.2, 0) is 6.54 Å². The van der Waals surface area contributed by atoms with E-state index in [4.69, 9.17) is 0 Å². The lowest BCUT2D eigenvalue weighted by atomic mass is 10.4. The van der Waals surface area contributed by atoms with E-state index in [9.17, 15) is 4.79 Å². The normalized spacial score (nSPS) is 10.2. The number of hydrogen-bond acceptors (Lipinski definition) is 6. The fourth-order valence-corrected chi connectivity index (χ4v) is 1.58. The second-order valence-corrected chi connectivity index (χ2v) is 4.43. The minimum atomic E-state index is -0.345. The molecule has 20 heavy (non-hydrogen) atoms. The summed E-state index contributed by atoms with van der Waals surface area (Å²) in [7, 11) is 3.81. The van der Waals surface area contributed by atoms with Gasteiger partial charge in [0.15, 0.2) is 0 Å². The molecule has 0 fully saturated rings. The third kappa shape index (κ3) is 3.47.